The standard InChI is InChI=1S/C20H18N4O/c1-12-7-13(2)9-14(8-12)18-10-19(24-23-18)21-11-16-15-5-3-4-6-17(15)22-20(16)25/h3-11H,1-2H3,(H,22,25)(H2,21,23,24)/b16-11+. The number of nitrogens with zero attached hydrogens (tertiary/aromatic N) is 1. The van der Waals surface area contributed by atoms with Crippen molar-refractivity contribution in [3.63, 3.8) is 0 Å². The first-order valence-electron chi connectivity index (χ1n) is 8.12. The second-order valence-corrected chi connectivity index (χ2v) is 6.25. The van der Waals surface area contributed by atoms with Crippen molar-refractivity contribution < 1.29 is 4.79 Å². The third-order valence-electron chi connectivity index (χ3n) is 4.18. The number of aromatic amines is 1. The van der Waals surface area contributed by atoms with Gasteiger partial charge >= 0.3 is 0 Å². The van der Waals surface area contributed by atoms with Gasteiger partial charge in [-0.1, -0.05) is 35.4 Å². The monoisotopic (exact) mass is 330 g/mol. The van der Waals surface area contributed by atoms with Gasteiger partial charge in [-0.25, -0.2) is 0 Å². The molecule has 0 saturated carbocycles. The lowest BCUT2D eigenvalue weighted by Crippen LogP contribution is -2.05. The largest absolute Gasteiger partial charge is 0.346 e. The Labute approximate surface area is 145 Å². The molecule has 0 aliphatic carbocycles. The van der Waals surface area contributed by atoms with E-state index in [4.69, 9.17) is 0 Å². The molecule has 2 aromatic carbocycles. The van der Waals surface area contributed by atoms with Crippen molar-refractivity contribution in [1.82, 2.24) is 10.2 Å². The maximum atomic E-state index is 12.1. The molecule has 0 bridgehead atoms. The normalized spacial score (nSPS) is 14.5. The third-order valence-corrected chi connectivity index (χ3v) is 4.18. The second kappa shape index (κ2) is 5.94. The number of para-hydroxylation sites is 1. The first kappa shape index (κ1) is 15.2. The Morgan fingerprint density at radius 1 is 1.04 bits per heavy atom. The summed E-state index contributed by atoms with van der Waals surface area (Å²) in [7, 11) is 0. The molecule has 1 aliphatic heterocycles. The highest BCUT2D eigenvalue weighted by Crippen LogP contribution is 2.31. The molecule has 124 valence electrons. The molecule has 1 amide bonds. The number of hydrogen-bond acceptors (Lipinski definition) is 3. The molecule has 0 saturated heterocycles. The molecular formula is C20H18N4O. The summed E-state index contributed by atoms with van der Waals surface area (Å²) in [6.45, 7) is 4.14. The van der Waals surface area contributed by atoms with Gasteiger partial charge in [-0.15, -0.1) is 0 Å². The molecule has 5 nitrogen and oxygen atoms in total. The van der Waals surface area contributed by atoms with Crippen molar-refractivity contribution in [2.75, 3.05) is 10.6 Å². The third kappa shape index (κ3) is 2.92. The Kier molecular flexibility index (Phi) is 3.61. The van der Waals surface area contributed by atoms with Gasteiger partial charge in [0.1, 0.15) is 5.82 Å². The lowest BCUT2D eigenvalue weighted by Gasteiger charge is -2.01. The van der Waals surface area contributed by atoms with E-state index >= 15 is 0 Å². The fraction of sp³-hybridized carbons (Fsp3) is 0.100. The van der Waals surface area contributed by atoms with Crippen LogP contribution in [0.15, 0.2) is 54.7 Å². The Hall–Kier alpha value is -3.34. The Morgan fingerprint density at radius 3 is 2.60 bits per heavy atom. The van der Waals surface area contributed by atoms with Crippen LogP contribution in [0.1, 0.15) is 16.7 Å². The minimum atomic E-state index is -0.109. The van der Waals surface area contributed by atoms with Crippen molar-refractivity contribution >= 4 is 23.0 Å². The van der Waals surface area contributed by atoms with Crippen LogP contribution in [0.25, 0.3) is 16.8 Å². The van der Waals surface area contributed by atoms with Gasteiger partial charge in [-0.05, 0) is 32.0 Å². The Morgan fingerprint density at radius 2 is 1.80 bits per heavy atom. The summed E-state index contributed by atoms with van der Waals surface area (Å²) >= 11 is 0. The average Bonchev–Trinajstić information content (AvgIpc) is 3.16. The van der Waals surface area contributed by atoms with Crippen LogP contribution in [0.4, 0.5) is 11.5 Å². The predicted octanol–water partition coefficient (Wildman–Crippen LogP) is 4.10. The van der Waals surface area contributed by atoms with Gasteiger partial charge in [0.15, 0.2) is 0 Å². The van der Waals surface area contributed by atoms with Crippen LogP contribution < -0.4 is 10.6 Å². The van der Waals surface area contributed by atoms with E-state index in [1.54, 1.807) is 6.20 Å². The molecule has 0 radical (unpaired) electrons. The molecule has 0 unspecified atom stereocenters. The zero-order valence-corrected chi connectivity index (χ0v) is 14.1. The minimum absolute atomic E-state index is 0.109. The molecule has 1 aliphatic rings. The number of hydrogen-bond donors (Lipinski definition) is 3. The van der Waals surface area contributed by atoms with E-state index in [9.17, 15) is 4.79 Å². The quantitative estimate of drug-likeness (QED) is 0.633. The predicted molar refractivity (Wildman–Crippen MR) is 100 cm³/mol. The highest BCUT2D eigenvalue weighted by Gasteiger charge is 2.23. The number of carbonyl (C=O) groups excluding carboxylic acids is 1. The molecule has 0 spiro atoms. The van der Waals surface area contributed by atoms with Gasteiger partial charge in [0, 0.05) is 29.1 Å². The number of carbonyl (C=O) groups is 1. The fourth-order valence-electron chi connectivity index (χ4n) is 3.10. The van der Waals surface area contributed by atoms with Crippen molar-refractivity contribution in [3.05, 3.63) is 71.4 Å². The lowest BCUT2D eigenvalue weighted by atomic mass is 10.1. The van der Waals surface area contributed by atoms with E-state index < -0.39 is 0 Å². The molecule has 5 heteroatoms. The molecule has 25 heavy (non-hydrogen) atoms. The molecule has 1 aromatic heterocycles. The number of anilines is 2. The van der Waals surface area contributed by atoms with Gasteiger partial charge in [0.05, 0.1) is 11.3 Å². The van der Waals surface area contributed by atoms with Crippen molar-refractivity contribution in [2.24, 2.45) is 0 Å². The lowest BCUT2D eigenvalue weighted by molar-refractivity contribution is -0.110. The molecule has 0 fully saturated rings. The summed E-state index contributed by atoms with van der Waals surface area (Å²) in [6.07, 6.45) is 1.71. The highest BCUT2D eigenvalue weighted by atomic mass is 16.2. The summed E-state index contributed by atoms with van der Waals surface area (Å²) in [4.78, 5) is 12.1. The number of nitrogens with one attached hydrogen (secondary N) is 3. The zero-order valence-electron chi connectivity index (χ0n) is 14.1. The average molecular weight is 330 g/mol. The molecule has 2 heterocycles. The topological polar surface area (TPSA) is 69.8 Å². The van der Waals surface area contributed by atoms with Crippen LogP contribution in [0.3, 0.4) is 0 Å². The molecular weight excluding hydrogens is 312 g/mol. The van der Waals surface area contributed by atoms with Crippen molar-refractivity contribution in [2.45, 2.75) is 13.8 Å². The number of amides is 1. The van der Waals surface area contributed by atoms with Crippen LogP contribution in [0, 0.1) is 13.8 Å². The first-order valence-corrected chi connectivity index (χ1v) is 8.12. The van der Waals surface area contributed by atoms with E-state index in [0.29, 0.717) is 5.57 Å². The van der Waals surface area contributed by atoms with Crippen LogP contribution in [0.5, 0.6) is 0 Å². The summed E-state index contributed by atoms with van der Waals surface area (Å²) in [6, 6.07) is 15.9. The van der Waals surface area contributed by atoms with Crippen molar-refractivity contribution in [1.29, 1.82) is 0 Å². The van der Waals surface area contributed by atoms with E-state index in [1.165, 1.54) is 11.1 Å². The Bertz CT molecular complexity index is 980. The van der Waals surface area contributed by atoms with Crippen molar-refractivity contribution in [3.8, 4) is 11.3 Å². The summed E-state index contributed by atoms with van der Waals surface area (Å²) < 4.78 is 0. The minimum Gasteiger partial charge on any atom is -0.346 e. The molecule has 3 N–H and O–H groups in total. The number of aromatic nitrogens is 2. The van der Waals surface area contributed by atoms with Gasteiger partial charge in [-0.3, -0.25) is 9.89 Å². The van der Waals surface area contributed by atoms with E-state index in [2.05, 4.69) is 52.9 Å². The van der Waals surface area contributed by atoms with Crippen LogP contribution >= 0.6 is 0 Å². The van der Waals surface area contributed by atoms with Crippen LogP contribution in [0.2, 0.25) is 0 Å². The number of rotatable bonds is 3. The highest BCUT2D eigenvalue weighted by molar-refractivity contribution is 6.31. The van der Waals surface area contributed by atoms with E-state index in [0.717, 1.165) is 28.3 Å². The molecule has 0 atom stereocenters. The maximum Gasteiger partial charge on any atom is 0.257 e. The maximum absolute atomic E-state index is 12.1. The summed E-state index contributed by atoms with van der Waals surface area (Å²) in [5, 5.41) is 13.3. The Balaban J connectivity index is 1.59. The fourth-order valence-corrected chi connectivity index (χ4v) is 3.10. The molecule has 3 aromatic rings. The van der Waals surface area contributed by atoms with E-state index in [-0.39, 0.29) is 5.91 Å². The van der Waals surface area contributed by atoms with Gasteiger partial charge in [0.25, 0.3) is 5.91 Å². The second-order valence-electron chi connectivity index (χ2n) is 6.25. The number of benzene rings is 2. The smallest absolute Gasteiger partial charge is 0.257 e. The summed E-state index contributed by atoms with van der Waals surface area (Å²) in [5.74, 6) is 0.626. The number of fused-ring (bicyclic) bond motifs is 1. The number of H-pyrrole nitrogens is 1. The van der Waals surface area contributed by atoms with Gasteiger partial charge in [0.2, 0.25) is 0 Å². The zero-order chi connectivity index (χ0) is 17.4. The first-order chi connectivity index (χ1) is 12.1. The SMILES string of the molecule is Cc1cc(C)cc(-c2cc(N/C=C3/C(=O)Nc4ccccc43)[nH]n2)c1. The van der Waals surface area contributed by atoms with E-state index in [1.807, 2.05) is 30.3 Å². The van der Waals surface area contributed by atoms with Crippen LogP contribution in [-0.4, -0.2) is 16.1 Å². The van der Waals surface area contributed by atoms with Gasteiger partial charge < -0.3 is 10.6 Å². The summed E-state index contributed by atoms with van der Waals surface area (Å²) in [5.41, 5.74) is 6.68. The molecule has 4 rings (SSSR count). The number of aryl methyl sites for hydroxylation is 2. The van der Waals surface area contributed by atoms with Gasteiger partial charge in [-0.2, -0.15) is 5.10 Å². The van der Waals surface area contributed by atoms with Crippen LogP contribution in [-0.2, 0) is 4.79 Å².